The van der Waals surface area contributed by atoms with Crippen molar-refractivity contribution in [2.75, 3.05) is 0 Å². The van der Waals surface area contributed by atoms with E-state index < -0.39 is 5.97 Å². The summed E-state index contributed by atoms with van der Waals surface area (Å²) in [7, 11) is 0. The second kappa shape index (κ2) is 22.6. The molecule has 0 aliphatic carbocycles. The molecule has 0 aromatic carbocycles. The van der Waals surface area contributed by atoms with E-state index in [2.05, 4.69) is 6.92 Å². The van der Waals surface area contributed by atoms with Crippen molar-refractivity contribution in [3.63, 3.8) is 0 Å². The first-order valence-electron chi connectivity index (χ1n) is 13.2. The van der Waals surface area contributed by atoms with Gasteiger partial charge in [0.1, 0.15) is 0 Å². The Hall–Kier alpha value is -0.120. The molecule has 0 heterocycles. The first-order chi connectivity index (χ1) is 14.1. The summed E-state index contributed by atoms with van der Waals surface area (Å²) >= 11 is 0. The summed E-state index contributed by atoms with van der Waals surface area (Å²) in [5.74, 6) is -2.47. The number of hydrogen-bond donors (Lipinski definition) is 3. The molecule has 29 heavy (non-hydrogen) atoms. The molecule has 0 aromatic heterocycles. The molecule has 3 N–H and O–H groups in total. The molecule has 0 aliphatic rings. The third kappa shape index (κ3) is 27.9. The number of aliphatic hydroxyl groups is 3. The SMILES string of the molecule is CCCCCCCCCCCCCCCCCCCCCCCCCC(O)(O)O. The van der Waals surface area contributed by atoms with Gasteiger partial charge < -0.3 is 15.3 Å². The fourth-order valence-electron chi connectivity index (χ4n) is 4.15. The van der Waals surface area contributed by atoms with Crippen LogP contribution >= 0.6 is 0 Å². The van der Waals surface area contributed by atoms with Crippen molar-refractivity contribution in [2.24, 2.45) is 0 Å². The Labute approximate surface area is 182 Å². The fraction of sp³-hybridized carbons (Fsp3) is 1.00. The molecule has 0 unspecified atom stereocenters. The molecule has 0 saturated carbocycles. The van der Waals surface area contributed by atoms with Gasteiger partial charge in [0.15, 0.2) is 0 Å². The van der Waals surface area contributed by atoms with Gasteiger partial charge >= 0.3 is 0 Å². The van der Waals surface area contributed by atoms with Gasteiger partial charge in [-0.1, -0.05) is 148 Å². The van der Waals surface area contributed by atoms with Crippen molar-refractivity contribution in [2.45, 2.75) is 167 Å². The van der Waals surface area contributed by atoms with Crippen molar-refractivity contribution in [3.8, 4) is 0 Å². The van der Waals surface area contributed by atoms with Crippen molar-refractivity contribution in [1.29, 1.82) is 0 Å². The van der Waals surface area contributed by atoms with Crippen molar-refractivity contribution < 1.29 is 15.3 Å². The molecule has 0 atom stereocenters. The van der Waals surface area contributed by atoms with Crippen molar-refractivity contribution in [3.05, 3.63) is 0 Å². The molecule has 176 valence electrons. The van der Waals surface area contributed by atoms with Gasteiger partial charge in [-0.2, -0.15) is 0 Å². The number of rotatable bonds is 24. The zero-order valence-corrected chi connectivity index (χ0v) is 19.8. The van der Waals surface area contributed by atoms with Gasteiger partial charge in [-0.15, -0.1) is 0 Å². The Balaban J connectivity index is 3.02. The molecule has 0 rings (SSSR count). The van der Waals surface area contributed by atoms with Crippen LogP contribution in [0.3, 0.4) is 0 Å². The molecule has 0 amide bonds. The monoisotopic (exact) mass is 414 g/mol. The minimum absolute atomic E-state index is 0.0617. The van der Waals surface area contributed by atoms with Crippen LogP contribution in [0.2, 0.25) is 0 Å². The van der Waals surface area contributed by atoms with Crippen LogP contribution in [-0.4, -0.2) is 21.3 Å². The van der Waals surface area contributed by atoms with Crippen LogP contribution in [0.15, 0.2) is 0 Å². The van der Waals surface area contributed by atoms with Crippen LogP contribution in [-0.2, 0) is 0 Å². The lowest BCUT2D eigenvalue weighted by molar-refractivity contribution is -0.315. The molecule has 3 nitrogen and oxygen atoms in total. The predicted octanol–water partition coefficient (Wildman–Crippen LogP) is 8.00. The maximum Gasteiger partial charge on any atom is 0.275 e. The highest BCUT2D eigenvalue weighted by molar-refractivity contribution is 4.52. The van der Waals surface area contributed by atoms with Crippen LogP contribution in [0, 0.1) is 0 Å². The van der Waals surface area contributed by atoms with Gasteiger partial charge in [-0.05, 0) is 6.42 Å². The quantitative estimate of drug-likeness (QED) is 0.111. The second-order valence-electron chi connectivity index (χ2n) is 9.30. The van der Waals surface area contributed by atoms with Crippen LogP contribution in [0.25, 0.3) is 0 Å². The lowest BCUT2D eigenvalue weighted by Crippen LogP contribution is -2.26. The standard InChI is InChI=1S/C26H54O3/c1-2-3-4-5-6-7-8-9-10-11-12-13-14-15-16-17-18-19-20-21-22-23-24-25-26(27,28)29/h27-29H,2-25H2,1H3. The van der Waals surface area contributed by atoms with E-state index in [1.165, 1.54) is 128 Å². The average Bonchev–Trinajstić information content (AvgIpc) is 2.67. The second-order valence-corrected chi connectivity index (χ2v) is 9.30. The summed E-state index contributed by atoms with van der Waals surface area (Å²) in [6, 6.07) is 0. The van der Waals surface area contributed by atoms with E-state index in [1.54, 1.807) is 0 Å². The molecule has 0 spiro atoms. The normalized spacial score (nSPS) is 12.0. The third-order valence-electron chi connectivity index (χ3n) is 6.12. The molecule has 0 radical (unpaired) electrons. The van der Waals surface area contributed by atoms with Crippen LogP contribution < -0.4 is 0 Å². The molecule has 0 bridgehead atoms. The lowest BCUT2D eigenvalue weighted by Gasteiger charge is -2.12. The van der Waals surface area contributed by atoms with E-state index in [1.807, 2.05) is 0 Å². The topological polar surface area (TPSA) is 60.7 Å². The highest BCUT2D eigenvalue weighted by Gasteiger charge is 2.16. The van der Waals surface area contributed by atoms with Gasteiger partial charge in [-0.3, -0.25) is 0 Å². The fourth-order valence-corrected chi connectivity index (χ4v) is 4.15. The maximum absolute atomic E-state index is 8.80. The van der Waals surface area contributed by atoms with Gasteiger partial charge in [0.2, 0.25) is 0 Å². The van der Waals surface area contributed by atoms with Crippen LogP contribution in [0.4, 0.5) is 0 Å². The number of hydrogen-bond acceptors (Lipinski definition) is 3. The smallest absolute Gasteiger partial charge is 0.275 e. The summed E-state index contributed by atoms with van der Waals surface area (Å²) in [4.78, 5) is 0. The zero-order valence-electron chi connectivity index (χ0n) is 19.8. The number of unbranched alkanes of at least 4 members (excludes halogenated alkanes) is 22. The Kier molecular flexibility index (Phi) is 22.5. The van der Waals surface area contributed by atoms with Gasteiger partial charge in [0.25, 0.3) is 5.97 Å². The van der Waals surface area contributed by atoms with E-state index in [0.29, 0.717) is 6.42 Å². The van der Waals surface area contributed by atoms with Gasteiger partial charge in [0, 0.05) is 6.42 Å². The Morgan fingerprint density at radius 2 is 0.552 bits per heavy atom. The van der Waals surface area contributed by atoms with Gasteiger partial charge in [0.05, 0.1) is 0 Å². The Morgan fingerprint density at radius 3 is 0.759 bits per heavy atom. The van der Waals surface area contributed by atoms with E-state index in [4.69, 9.17) is 15.3 Å². The highest BCUT2D eigenvalue weighted by atomic mass is 16.7. The molecular formula is C26H54O3. The maximum atomic E-state index is 8.80. The highest BCUT2D eigenvalue weighted by Crippen LogP contribution is 2.16. The third-order valence-corrected chi connectivity index (χ3v) is 6.12. The summed E-state index contributed by atoms with van der Waals surface area (Å²) < 4.78 is 0. The molecule has 0 aromatic rings. The van der Waals surface area contributed by atoms with Crippen LogP contribution in [0.1, 0.15) is 161 Å². The summed E-state index contributed by atoms with van der Waals surface area (Å²) in [6.07, 6.45) is 31.0. The molecule has 0 fully saturated rings. The van der Waals surface area contributed by atoms with Crippen LogP contribution in [0.5, 0.6) is 0 Å². The van der Waals surface area contributed by atoms with Gasteiger partial charge in [-0.25, -0.2) is 0 Å². The van der Waals surface area contributed by atoms with Crippen molar-refractivity contribution >= 4 is 0 Å². The predicted molar refractivity (Wildman–Crippen MR) is 126 cm³/mol. The first-order valence-corrected chi connectivity index (χ1v) is 13.2. The Morgan fingerprint density at radius 1 is 0.345 bits per heavy atom. The van der Waals surface area contributed by atoms with E-state index >= 15 is 0 Å². The summed E-state index contributed by atoms with van der Waals surface area (Å²) in [5, 5.41) is 26.4. The minimum Gasteiger partial charge on any atom is -0.344 e. The molecular weight excluding hydrogens is 360 g/mol. The molecule has 3 heteroatoms. The summed E-state index contributed by atoms with van der Waals surface area (Å²) in [5.41, 5.74) is 0. The average molecular weight is 415 g/mol. The molecule has 0 aliphatic heterocycles. The Bertz CT molecular complexity index is 299. The minimum atomic E-state index is -2.47. The van der Waals surface area contributed by atoms with E-state index in [-0.39, 0.29) is 6.42 Å². The lowest BCUT2D eigenvalue weighted by atomic mass is 10.0. The zero-order chi connectivity index (χ0) is 21.5. The van der Waals surface area contributed by atoms with Crippen molar-refractivity contribution in [1.82, 2.24) is 0 Å². The largest absolute Gasteiger partial charge is 0.344 e. The first kappa shape index (κ1) is 28.9. The summed E-state index contributed by atoms with van der Waals surface area (Å²) in [6.45, 7) is 2.29. The molecule has 0 saturated heterocycles. The van der Waals surface area contributed by atoms with E-state index in [0.717, 1.165) is 12.8 Å². The van der Waals surface area contributed by atoms with E-state index in [9.17, 15) is 0 Å².